The largest absolute Gasteiger partial charge is 0.378 e. The maximum absolute atomic E-state index is 5.83. The van der Waals surface area contributed by atoms with Crippen LogP contribution in [0.2, 0.25) is 0 Å². The molecule has 1 saturated heterocycles. The average Bonchev–Trinajstić information content (AvgIpc) is 2.41. The summed E-state index contributed by atoms with van der Waals surface area (Å²) in [5.74, 6) is 0. The van der Waals surface area contributed by atoms with Crippen LogP contribution >= 0.6 is 0 Å². The molecule has 3 nitrogen and oxygen atoms in total. The van der Waals surface area contributed by atoms with Crippen molar-refractivity contribution < 1.29 is 4.74 Å². The summed E-state index contributed by atoms with van der Waals surface area (Å²) >= 11 is 0. The van der Waals surface area contributed by atoms with Crippen LogP contribution in [0.15, 0.2) is 24.4 Å². The van der Waals surface area contributed by atoms with Crippen LogP contribution in [0.3, 0.4) is 0 Å². The Balaban J connectivity index is 1.86. The van der Waals surface area contributed by atoms with Gasteiger partial charge in [0.25, 0.3) is 0 Å². The summed E-state index contributed by atoms with van der Waals surface area (Å²) in [4.78, 5) is 4.41. The maximum Gasteiger partial charge on any atom is 0.0590 e. The Labute approximate surface area is 110 Å². The van der Waals surface area contributed by atoms with E-state index in [1.807, 2.05) is 12.3 Å². The van der Waals surface area contributed by atoms with Crippen molar-refractivity contribution in [3.8, 4) is 0 Å². The van der Waals surface area contributed by atoms with E-state index in [1.54, 1.807) is 0 Å². The fraction of sp³-hybridized carbons (Fsp3) is 0.667. The van der Waals surface area contributed by atoms with Crippen LogP contribution in [0.25, 0.3) is 0 Å². The highest BCUT2D eigenvalue weighted by Crippen LogP contribution is 2.18. The first kappa shape index (κ1) is 13.5. The van der Waals surface area contributed by atoms with Crippen molar-refractivity contribution in [3.05, 3.63) is 30.1 Å². The molecular weight excluding hydrogens is 224 g/mol. The Morgan fingerprint density at radius 2 is 2.39 bits per heavy atom. The van der Waals surface area contributed by atoms with Gasteiger partial charge in [0.1, 0.15) is 0 Å². The first-order valence-electron chi connectivity index (χ1n) is 7.13. The fourth-order valence-corrected chi connectivity index (χ4v) is 2.61. The van der Waals surface area contributed by atoms with E-state index in [9.17, 15) is 0 Å². The van der Waals surface area contributed by atoms with Crippen LogP contribution in [0.5, 0.6) is 0 Å². The average molecular weight is 248 g/mol. The number of pyridine rings is 1. The van der Waals surface area contributed by atoms with Crippen molar-refractivity contribution in [1.82, 2.24) is 10.3 Å². The first-order chi connectivity index (χ1) is 8.88. The monoisotopic (exact) mass is 248 g/mol. The molecule has 2 rings (SSSR count). The molecule has 2 atom stereocenters. The van der Waals surface area contributed by atoms with E-state index in [0.29, 0.717) is 12.1 Å². The number of aromatic nitrogens is 1. The van der Waals surface area contributed by atoms with Gasteiger partial charge in [-0.15, -0.1) is 0 Å². The van der Waals surface area contributed by atoms with Gasteiger partial charge in [-0.2, -0.15) is 0 Å². The third kappa shape index (κ3) is 4.39. The van der Waals surface area contributed by atoms with E-state index < -0.39 is 0 Å². The Hall–Kier alpha value is -0.930. The highest BCUT2D eigenvalue weighted by atomic mass is 16.5. The molecular formula is C15H24N2O. The van der Waals surface area contributed by atoms with Crippen molar-refractivity contribution in [2.45, 2.75) is 51.2 Å². The van der Waals surface area contributed by atoms with Gasteiger partial charge in [-0.25, -0.2) is 0 Å². The zero-order valence-corrected chi connectivity index (χ0v) is 11.3. The van der Waals surface area contributed by atoms with E-state index in [4.69, 9.17) is 4.74 Å². The lowest BCUT2D eigenvalue weighted by atomic mass is 9.98. The molecule has 18 heavy (non-hydrogen) atoms. The van der Waals surface area contributed by atoms with Crippen LogP contribution in [0.1, 0.15) is 38.3 Å². The smallest absolute Gasteiger partial charge is 0.0590 e. The standard InChI is InChI=1S/C15H24N2O/c1-2-16-14(11-13-7-3-5-9-17-13)12-15-8-4-6-10-18-15/h3,5,7,9,14-16H,2,4,6,8,10-12H2,1H3. The summed E-state index contributed by atoms with van der Waals surface area (Å²) in [6.07, 6.45) is 8.15. The molecule has 0 amide bonds. The number of nitrogens with zero attached hydrogens (tertiary/aromatic N) is 1. The second kappa shape index (κ2) is 7.49. The lowest BCUT2D eigenvalue weighted by Gasteiger charge is -2.27. The minimum absolute atomic E-state index is 0.437. The van der Waals surface area contributed by atoms with E-state index in [0.717, 1.165) is 26.0 Å². The molecule has 2 heterocycles. The molecule has 0 saturated carbocycles. The number of rotatable bonds is 6. The third-order valence-electron chi connectivity index (χ3n) is 3.50. The zero-order chi connectivity index (χ0) is 12.6. The van der Waals surface area contributed by atoms with Gasteiger partial charge in [-0.05, 0) is 44.4 Å². The number of hydrogen-bond acceptors (Lipinski definition) is 3. The Bertz CT molecular complexity index is 323. The van der Waals surface area contributed by atoms with Gasteiger partial charge < -0.3 is 10.1 Å². The van der Waals surface area contributed by atoms with E-state index in [2.05, 4.69) is 29.4 Å². The molecule has 0 radical (unpaired) electrons. The van der Waals surface area contributed by atoms with Gasteiger partial charge >= 0.3 is 0 Å². The van der Waals surface area contributed by atoms with Crippen LogP contribution in [0.4, 0.5) is 0 Å². The summed E-state index contributed by atoms with van der Waals surface area (Å²) < 4.78 is 5.83. The predicted octanol–water partition coefficient (Wildman–Crippen LogP) is 2.56. The molecule has 1 N–H and O–H groups in total. The molecule has 1 aromatic heterocycles. The normalized spacial score (nSPS) is 21.7. The molecule has 0 bridgehead atoms. The Morgan fingerprint density at radius 1 is 1.44 bits per heavy atom. The van der Waals surface area contributed by atoms with Gasteiger partial charge in [-0.3, -0.25) is 4.98 Å². The number of likely N-dealkylation sites (N-methyl/N-ethyl adjacent to an activating group) is 1. The first-order valence-corrected chi connectivity index (χ1v) is 7.13. The summed E-state index contributed by atoms with van der Waals surface area (Å²) in [7, 11) is 0. The molecule has 0 aromatic carbocycles. The van der Waals surface area contributed by atoms with Gasteiger partial charge in [-0.1, -0.05) is 13.0 Å². The minimum Gasteiger partial charge on any atom is -0.378 e. The second-order valence-corrected chi connectivity index (χ2v) is 5.00. The lowest BCUT2D eigenvalue weighted by Crippen LogP contribution is -2.36. The molecule has 0 aliphatic carbocycles. The van der Waals surface area contributed by atoms with Crippen LogP contribution in [0, 0.1) is 0 Å². The Morgan fingerprint density at radius 3 is 3.06 bits per heavy atom. The third-order valence-corrected chi connectivity index (χ3v) is 3.50. The molecule has 0 spiro atoms. The fourth-order valence-electron chi connectivity index (χ4n) is 2.61. The van der Waals surface area contributed by atoms with Gasteiger partial charge in [0.15, 0.2) is 0 Å². The molecule has 2 unspecified atom stereocenters. The van der Waals surface area contributed by atoms with E-state index in [-0.39, 0.29) is 0 Å². The maximum atomic E-state index is 5.83. The molecule has 3 heteroatoms. The van der Waals surface area contributed by atoms with Gasteiger partial charge in [0.05, 0.1) is 6.10 Å². The lowest BCUT2D eigenvalue weighted by molar-refractivity contribution is 0.00530. The van der Waals surface area contributed by atoms with E-state index in [1.165, 1.54) is 25.0 Å². The predicted molar refractivity (Wildman–Crippen MR) is 73.6 cm³/mol. The van der Waals surface area contributed by atoms with Crippen molar-refractivity contribution in [2.75, 3.05) is 13.2 Å². The van der Waals surface area contributed by atoms with Crippen molar-refractivity contribution >= 4 is 0 Å². The number of nitrogens with one attached hydrogen (secondary N) is 1. The van der Waals surface area contributed by atoms with Crippen molar-refractivity contribution in [3.63, 3.8) is 0 Å². The van der Waals surface area contributed by atoms with Crippen LogP contribution in [-0.4, -0.2) is 30.3 Å². The summed E-state index contributed by atoms with van der Waals surface area (Å²) in [6.45, 7) is 4.10. The molecule has 1 aliphatic rings. The summed E-state index contributed by atoms with van der Waals surface area (Å²) in [5, 5.41) is 3.56. The second-order valence-electron chi connectivity index (χ2n) is 5.00. The summed E-state index contributed by atoms with van der Waals surface area (Å²) in [5.41, 5.74) is 1.17. The summed E-state index contributed by atoms with van der Waals surface area (Å²) in [6, 6.07) is 6.61. The van der Waals surface area contributed by atoms with Crippen molar-refractivity contribution in [1.29, 1.82) is 0 Å². The highest BCUT2D eigenvalue weighted by molar-refractivity contribution is 5.05. The van der Waals surface area contributed by atoms with Crippen LogP contribution in [-0.2, 0) is 11.2 Å². The molecule has 100 valence electrons. The SMILES string of the molecule is CCNC(Cc1ccccn1)CC1CCCCO1. The van der Waals surface area contributed by atoms with Crippen molar-refractivity contribution in [2.24, 2.45) is 0 Å². The highest BCUT2D eigenvalue weighted by Gasteiger charge is 2.19. The minimum atomic E-state index is 0.437. The molecule has 1 fully saturated rings. The van der Waals surface area contributed by atoms with E-state index >= 15 is 0 Å². The van der Waals surface area contributed by atoms with Gasteiger partial charge in [0.2, 0.25) is 0 Å². The topological polar surface area (TPSA) is 34.2 Å². The zero-order valence-electron chi connectivity index (χ0n) is 11.3. The quantitative estimate of drug-likeness (QED) is 0.840. The molecule has 1 aromatic rings. The molecule has 1 aliphatic heterocycles. The Kier molecular flexibility index (Phi) is 5.62. The number of ether oxygens (including phenoxy) is 1. The van der Waals surface area contributed by atoms with Gasteiger partial charge in [0, 0.05) is 31.0 Å². The van der Waals surface area contributed by atoms with Crippen LogP contribution < -0.4 is 5.32 Å². The number of hydrogen-bond donors (Lipinski definition) is 1.